The quantitative estimate of drug-likeness (QED) is 0.854. The van der Waals surface area contributed by atoms with E-state index in [2.05, 4.69) is 30.0 Å². The zero-order valence-corrected chi connectivity index (χ0v) is 15.3. The Hall–Kier alpha value is -2.64. The molecule has 4 heteroatoms. The first-order valence-corrected chi connectivity index (χ1v) is 9.19. The van der Waals surface area contributed by atoms with Crippen molar-refractivity contribution in [3.63, 3.8) is 0 Å². The van der Waals surface area contributed by atoms with E-state index in [4.69, 9.17) is 5.26 Å². The third kappa shape index (κ3) is 4.93. The number of aryl methyl sites for hydroxylation is 1. The largest absolute Gasteiger partial charge is 0.341 e. The van der Waals surface area contributed by atoms with E-state index in [1.54, 1.807) is 0 Å². The summed E-state index contributed by atoms with van der Waals surface area (Å²) in [7, 11) is 0. The minimum atomic E-state index is 0.218. The Kier molecular flexibility index (Phi) is 6.04. The summed E-state index contributed by atoms with van der Waals surface area (Å²) < 4.78 is 0. The van der Waals surface area contributed by atoms with Gasteiger partial charge in [0.2, 0.25) is 5.91 Å². The van der Waals surface area contributed by atoms with Crippen LogP contribution in [0.3, 0.4) is 0 Å². The highest BCUT2D eigenvalue weighted by atomic mass is 16.2. The number of nitriles is 1. The van der Waals surface area contributed by atoms with Crippen molar-refractivity contribution in [2.45, 2.75) is 26.3 Å². The van der Waals surface area contributed by atoms with Crippen LogP contribution in [0.5, 0.6) is 0 Å². The number of hydrogen-bond acceptors (Lipinski definition) is 3. The molecule has 1 aliphatic rings. The summed E-state index contributed by atoms with van der Waals surface area (Å²) in [5, 5.41) is 8.89. The molecule has 2 aromatic rings. The van der Waals surface area contributed by atoms with Crippen molar-refractivity contribution in [1.29, 1.82) is 5.26 Å². The lowest BCUT2D eigenvalue weighted by Gasteiger charge is -2.22. The molecule has 1 heterocycles. The van der Waals surface area contributed by atoms with Gasteiger partial charge in [-0.25, -0.2) is 0 Å². The first-order chi connectivity index (χ1) is 12.6. The molecule has 4 nitrogen and oxygen atoms in total. The van der Waals surface area contributed by atoms with E-state index < -0.39 is 0 Å². The molecule has 0 radical (unpaired) electrons. The summed E-state index contributed by atoms with van der Waals surface area (Å²) in [6.45, 7) is 6.41. The number of rotatable bonds is 4. The van der Waals surface area contributed by atoms with E-state index in [1.165, 1.54) is 11.1 Å². The van der Waals surface area contributed by atoms with Crippen LogP contribution >= 0.6 is 0 Å². The Bertz CT molecular complexity index is 792. The topological polar surface area (TPSA) is 47.3 Å². The summed E-state index contributed by atoms with van der Waals surface area (Å²) in [6.07, 6.45) is 1.48. The van der Waals surface area contributed by atoms with Crippen LogP contribution in [0, 0.1) is 18.3 Å². The molecule has 0 aliphatic carbocycles. The Morgan fingerprint density at radius 1 is 1.04 bits per heavy atom. The number of hydrogen-bond donors (Lipinski definition) is 0. The highest BCUT2D eigenvalue weighted by molar-refractivity contribution is 5.78. The van der Waals surface area contributed by atoms with Gasteiger partial charge in [0.15, 0.2) is 0 Å². The lowest BCUT2D eigenvalue weighted by molar-refractivity contribution is -0.130. The minimum absolute atomic E-state index is 0.218. The van der Waals surface area contributed by atoms with Gasteiger partial charge in [-0.15, -0.1) is 0 Å². The van der Waals surface area contributed by atoms with E-state index in [9.17, 15) is 4.79 Å². The van der Waals surface area contributed by atoms with Crippen LogP contribution in [0.15, 0.2) is 48.5 Å². The summed E-state index contributed by atoms with van der Waals surface area (Å²) in [6, 6.07) is 18.1. The van der Waals surface area contributed by atoms with Crippen molar-refractivity contribution in [1.82, 2.24) is 9.80 Å². The molecule has 3 rings (SSSR count). The molecule has 0 aromatic heterocycles. The van der Waals surface area contributed by atoms with Gasteiger partial charge < -0.3 is 4.90 Å². The average Bonchev–Trinajstić information content (AvgIpc) is 2.88. The van der Waals surface area contributed by atoms with E-state index in [-0.39, 0.29) is 5.91 Å². The number of amides is 1. The fraction of sp³-hybridized carbons (Fsp3) is 0.364. The van der Waals surface area contributed by atoms with Gasteiger partial charge in [-0.3, -0.25) is 9.69 Å². The van der Waals surface area contributed by atoms with Gasteiger partial charge in [0, 0.05) is 32.7 Å². The van der Waals surface area contributed by atoms with Crippen LogP contribution in [0.25, 0.3) is 0 Å². The summed E-state index contributed by atoms with van der Waals surface area (Å²) >= 11 is 0. The summed E-state index contributed by atoms with van der Waals surface area (Å²) in [5.41, 5.74) is 4.19. The molecule has 26 heavy (non-hydrogen) atoms. The van der Waals surface area contributed by atoms with Gasteiger partial charge >= 0.3 is 0 Å². The normalized spacial score (nSPS) is 15.3. The molecular formula is C22H25N3O. The molecule has 134 valence electrons. The van der Waals surface area contributed by atoms with Crippen LogP contribution < -0.4 is 0 Å². The number of carbonyl (C=O) groups excluding carboxylic acids is 1. The van der Waals surface area contributed by atoms with Gasteiger partial charge in [-0.1, -0.05) is 42.0 Å². The second-order valence-electron chi connectivity index (χ2n) is 6.99. The van der Waals surface area contributed by atoms with Gasteiger partial charge in [0.05, 0.1) is 18.1 Å². The maximum absolute atomic E-state index is 12.6. The van der Waals surface area contributed by atoms with Gasteiger partial charge in [0.25, 0.3) is 0 Å². The van der Waals surface area contributed by atoms with Crippen molar-refractivity contribution in [3.05, 3.63) is 70.8 Å². The monoisotopic (exact) mass is 347 g/mol. The average molecular weight is 347 g/mol. The first-order valence-electron chi connectivity index (χ1n) is 9.19. The predicted molar refractivity (Wildman–Crippen MR) is 103 cm³/mol. The SMILES string of the molecule is Cc1cccc(CC(=O)N2CCCN(Cc3ccc(C#N)cc3)CC2)c1. The second-order valence-corrected chi connectivity index (χ2v) is 6.99. The van der Waals surface area contributed by atoms with E-state index in [1.807, 2.05) is 41.3 Å². The highest BCUT2D eigenvalue weighted by Gasteiger charge is 2.19. The molecule has 0 saturated carbocycles. The lowest BCUT2D eigenvalue weighted by atomic mass is 10.1. The number of carbonyl (C=O) groups is 1. The third-order valence-corrected chi connectivity index (χ3v) is 4.87. The molecular weight excluding hydrogens is 322 g/mol. The van der Waals surface area contributed by atoms with Crippen molar-refractivity contribution in [2.75, 3.05) is 26.2 Å². The zero-order chi connectivity index (χ0) is 18.4. The zero-order valence-electron chi connectivity index (χ0n) is 15.3. The smallest absolute Gasteiger partial charge is 0.227 e. The van der Waals surface area contributed by atoms with Crippen LogP contribution in [0.2, 0.25) is 0 Å². The van der Waals surface area contributed by atoms with Crippen molar-refractivity contribution >= 4 is 5.91 Å². The molecule has 0 unspecified atom stereocenters. The molecule has 1 saturated heterocycles. The van der Waals surface area contributed by atoms with Gasteiger partial charge in [-0.2, -0.15) is 5.26 Å². The Morgan fingerprint density at radius 2 is 1.85 bits per heavy atom. The first kappa shape index (κ1) is 18.2. The molecule has 0 bridgehead atoms. The van der Waals surface area contributed by atoms with Crippen LogP contribution in [-0.2, 0) is 17.8 Å². The molecule has 1 fully saturated rings. The third-order valence-electron chi connectivity index (χ3n) is 4.87. The molecule has 1 amide bonds. The van der Waals surface area contributed by atoms with Crippen molar-refractivity contribution < 1.29 is 4.79 Å². The van der Waals surface area contributed by atoms with Crippen LogP contribution in [0.4, 0.5) is 0 Å². The Labute approximate surface area is 155 Å². The number of nitrogens with zero attached hydrogens (tertiary/aromatic N) is 3. The van der Waals surface area contributed by atoms with Crippen LogP contribution in [0.1, 0.15) is 28.7 Å². The summed E-state index contributed by atoms with van der Waals surface area (Å²) in [5.74, 6) is 0.218. The predicted octanol–water partition coefficient (Wildman–Crippen LogP) is 3.14. The van der Waals surface area contributed by atoms with Gasteiger partial charge in [0.1, 0.15) is 0 Å². The molecule has 0 N–H and O–H groups in total. The maximum Gasteiger partial charge on any atom is 0.227 e. The maximum atomic E-state index is 12.6. The lowest BCUT2D eigenvalue weighted by Crippen LogP contribution is -2.36. The Balaban J connectivity index is 1.54. The van der Waals surface area contributed by atoms with Crippen molar-refractivity contribution in [3.8, 4) is 6.07 Å². The second kappa shape index (κ2) is 8.64. The molecule has 0 spiro atoms. The van der Waals surface area contributed by atoms with E-state index in [0.717, 1.165) is 44.7 Å². The van der Waals surface area contributed by atoms with Crippen molar-refractivity contribution in [2.24, 2.45) is 0 Å². The van der Waals surface area contributed by atoms with Crippen LogP contribution in [-0.4, -0.2) is 41.9 Å². The minimum Gasteiger partial charge on any atom is -0.341 e. The number of benzene rings is 2. The molecule has 1 aliphatic heterocycles. The highest BCUT2D eigenvalue weighted by Crippen LogP contribution is 2.12. The fourth-order valence-electron chi connectivity index (χ4n) is 3.43. The fourth-order valence-corrected chi connectivity index (χ4v) is 3.43. The standard InChI is InChI=1S/C22H25N3O/c1-18-4-2-5-21(14-18)15-22(26)25-11-3-10-24(12-13-25)17-20-8-6-19(16-23)7-9-20/h2,4-9,14H,3,10-13,15,17H2,1H3. The Morgan fingerprint density at radius 3 is 2.58 bits per heavy atom. The molecule has 0 atom stereocenters. The molecule has 2 aromatic carbocycles. The van der Waals surface area contributed by atoms with E-state index >= 15 is 0 Å². The van der Waals surface area contributed by atoms with E-state index in [0.29, 0.717) is 12.0 Å². The summed E-state index contributed by atoms with van der Waals surface area (Å²) in [4.78, 5) is 17.0. The van der Waals surface area contributed by atoms with Gasteiger partial charge in [-0.05, 0) is 36.6 Å².